The molecule has 0 spiro atoms. The Morgan fingerprint density at radius 1 is 1.53 bits per heavy atom. The van der Waals surface area contributed by atoms with Gasteiger partial charge in [-0.15, -0.1) is 0 Å². The smallest absolute Gasteiger partial charge is 0.139 e. The number of Topliss-reactive ketones (excluding diaryl/α,β-unsaturated/α-hetero) is 1. The van der Waals surface area contributed by atoms with E-state index in [0.29, 0.717) is 30.6 Å². The number of aryl methyl sites for hydroxylation is 1. The summed E-state index contributed by atoms with van der Waals surface area (Å²) >= 11 is 0. The standard InChI is InChI=1S/C15H25N3O/c1-12(2)18-7-4-5-13(11-18)9-15(19)10-14-6-8-17(3)16-14/h6,8,12-13H,4-5,7,9-11H2,1-3H3/t13-/m0/s1. The Hall–Kier alpha value is -1.16. The van der Waals surface area contributed by atoms with Crippen LogP contribution in [0.1, 0.15) is 38.8 Å². The number of nitrogens with zero attached hydrogens (tertiary/aromatic N) is 3. The third-order valence-electron chi connectivity index (χ3n) is 3.94. The van der Waals surface area contributed by atoms with Crippen molar-refractivity contribution in [2.45, 2.75) is 45.6 Å². The summed E-state index contributed by atoms with van der Waals surface area (Å²) in [6.07, 6.45) is 5.50. The lowest BCUT2D eigenvalue weighted by molar-refractivity contribution is -0.119. The molecule has 4 heteroatoms. The molecule has 1 aromatic heterocycles. The predicted octanol–water partition coefficient (Wildman–Crippen LogP) is 2.04. The lowest BCUT2D eigenvalue weighted by Gasteiger charge is -2.35. The first-order chi connectivity index (χ1) is 9.04. The summed E-state index contributed by atoms with van der Waals surface area (Å²) in [7, 11) is 1.88. The van der Waals surface area contributed by atoms with Gasteiger partial charge in [0.25, 0.3) is 0 Å². The van der Waals surface area contributed by atoms with Gasteiger partial charge < -0.3 is 4.90 Å². The minimum atomic E-state index is 0.328. The number of likely N-dealkylation sites (tertiary alicyclic amines) is 1. The van der Waals surface area contributed by atoms with Crippen LogP contribution in [0.15, 0.2) is 12.3 Å². The third-order valence-corrected chi connectivity index (χ3v) is 3.94. The van der Waals surface area contributed by atoms with Gasteiger partial charge in [-0.05, 0) is 45.2 Å². The summed E-state index contributed by atoms with van der Waals surface area (Å²) in [6, 6.07) is 2.52. The van der Waals surface area contributed by atoms with Crippen molar-refractivity contribution in [1.82, 2.24) is 14.7 Å². The second kappa shape index (κ2) is 6.33. The van der Waals surface area contributed by atoms with Crippen LogP contribution >= 0.6 is 0 Å². The number of hydrogen-bond donors (Lipinski definition) is 0. The Kier molecular flexibility index (Phi) is 4.75. The minimum Gasteiger partial charge on any atom is -0.301 e. The van der Waals surface area contributed by atoms with E-state index in [0.717, 1.165) is 12.2 Å². The fraction of sp³-hybridized carbons (Fsp3) is 0.733. The van der Waals surface area contributed by atoms with Crippen molar-refractivity contribution >= 4 is 5.78 Å². The van der Waals surface area contributed by atoms with Gasteiger partial charge in [-0.1, -0.05) is 0 Å². The van der Waals surface area contributed by atoms with E-state index >= 15 is 0 Å². The molecule has 0 aromatic carbocycles. The molecule has 1 aliphatic heterocycles. The SMILES string of the molecule is CC(C)N1CCC[C@@H](CC(=O)Cc2ccn(C)n2)C1. The van der Waals surface area contributed by atoms with Crippen LogP contribution in [0.3, 0.4) is 0 Å². The van der Waals surface area contributed by atoms with Crippen LogP contribution in [0.2, 0.25) is 0 Å². The van der Waals surface area contributed by atoms with Crippen LogP contribution in [0.5, 0.6) is 0 Å². The van der Waals surface area contributed by atoms with Gasteiger partial charge in [0.1, 0.15) is 5.78 Å². The molecule has 19 heavy (non-hydrogen) atoms. The first kappa shape index (κ1) is 14.3. The number of carbonyl (C=O) groups excluding carboxylic acids is 1. The molecular formula is C15H25N3O. The van der Waals surface area contributed by atoms with Gasteiger partial charge in [0.15, 0.2) is 0 Å². The predicted molar refractivity (Wildman–Crippen MR) is 76.0 cm³/mol. The Morgan fingerprint density at radius 2 is 2.32 bits per heavy atom. The highest BCUT2D eigenvalue weighted by Gasteiger charge is 2.23. The van der Waals surface area contributed by atoms with Crippen molar-refractivity contribution in [2.24, 2.45) is 13.0 Å². The van der Waals surface area contributed by atoms with E-state index in [1.165, 1.54) is 19.4 Å². The fourth-order valence-corrected chi connectivity index (χ4v) is 2.89. The Morgan fingerprint density at radius 3 is 2.95 bits per heavy atom. The molecule has 1 aromatic rings. The van der Waals surface area contributed by atoms with Gasteiger partial charge in [-0.25, -0.2) is 0 Å². The average molecular weight is 263 g/mol. The van der Waals surface area contributed by atoms with Crippen molar-refractivity contribution in [2.75, 3.05) is 13.1 Å². The number of aromatic nitrogens is 2. The molecule has 0 amide bonds. The van der Waals surface area contributed by atoms with Crippen molar-refractivity contribution in [1.29, 1.82) is 0 Å². The number of hydrogen-bond acceptors (Lipinski definition) is 3. The van der Waals surface area contributed by atoms with Crippen molar-refractivity contribution < 1.29 is 4.79 Å². The molecule has 2 heterocycles. The van der Waals surface area contributed by atoms with Crippen LogP contribution < -0.4 is 0 Å². The summed E-state index contributed by atoms with van der Waals surface area (Å²) in [5, 5.41) is 4.27. The van der Waals surface area contributed by atoms with Crippen LogP contribution in [0, 0.1) is 5.92 Å². The van der Waals surface area contributed by atoms with Crippen molar-refractivity contribution in [3.05, 3.63) is 18.0 Å². The average Bonchev–Trinajstić information content (AvgIpc) is 2.74. The van der Waals surface area contributed by atoms with Crippen molar-refractivity contribution in [3.8, 4) is 0 Å². The maximum absolute atomic E-state index is 12.1. The zero-order chi connectivity index (χ0) is 13.8. The van der Waals surface area contributed by atoms with Crippen LogP contribution in [-0.2, 0) is 18.3 Å². The number of ketones is 1. The summed E-state index contributed by atoms with van der Waals surface area (Å²) in [5.74, 6) is 0.863. The lowest BCUT2D eigenvalue weighted by atomic mass is 9.91. The normalized spacial score (nSPS) is 20.9. The van der Waals surface area contributed by atoms with Gasteiger partial charge in [0, 0.05) is 32.3 Å². The highest BCUT2D eigenvalue weighted by atomic mass is 16.1. The molecule has 2 rings (SSSR count). The molecule has 4 nitrogen and oxygen atoms in total. The first-order valence-corrected chi connectivity index (χ1v) is 7.29. The number of piperidine rings is 1. The van der Waals surface area contributed by atoms with Crippen LogP contribution in [-0.4, -0.2) is 39.6 Å². The first-order valence-electron chi connectivity index (χ1n) is 7.29. The van der Waals surface area contributed by atoms with Crippen LogP contribution in [0.4, 0.5) is 0 Å². The maximum Gasteiger partial charge on any atom is 0.139 e. The molecule has 0 N–H and O–H groups in total. The van der Waals surface area contributed by atoms with E-state index in [-0.39, 0.29) is 0 Å². The molecule has 0 bridgehead atoms. The molecule has 1 atom stereocenters. The zero-order valence-electron chi connectivity index (χ0n) is 12.3. The van der Waals surface area contributed by atoms with E-state index in [9.17, 15) is 4.79 Å². The Labute approximate surface area is 115 Å². The molecule has 1 aliphatic rings. The highest BCUT2D eigenvalue weighted by molar-refractivity contribution is 5.80. The monoisotopic (exact) mass is 263 g/mol. The Balaban J connectivity index is 1.81. The van der Waals surface area contributed by atoms with Crippen LogP contribution in [0.25, 0.3) is 0 Å². The second-order valence-electron chi connectivity index (χ2n) is 6.00. The molecule has 0 aliphatic carbocycles. The molecule has 106 valence electrons. The zero-order valence-corrected chi connectivity index (χ0v) is 12.3. The molecular weight excluding hydrogens is 238 g/mol. The topological polar surface area (TPSA) is 38.1 Å². The largest absolute Gasteiger partial charge is 0.301 e. The molecule has 0 unspecified atom stereocenters. The van der Waals surface area contributed by atoms with Gasteiger partial charge in [0.05, 0.1) is 12.1 Å². The fourth-order valence-electron chi connectivity index (χ4n) is 2.89. The summed E-state index contributed by atoms with van der Waals surface area (Å²) in [5.41, 5.74) is 0.893. The molecule has 0 saturated carbocycles. The highest BCUT2D eigenvalue weighted by Crippen LogP contribution is 2.21. The van der Waals surface area contributed by atoms with E-state index in [1.54, 1.807) is 4.68 Å². The molecule has 1 fully saturated rings. The third kappa shape index (κ3) is 4.16. The number of rotatable bonds is 5. The Bertz CT molecular complexity index is 425. The second-order valence-corrected chi connectivity index (χ2v) is 6.00. The van der Waals surface area contributed by atoms with E-state index in [4.69, 9.17) is 0 Å². The molecule has 0 radical (unpaired) electrons. The van der Waals surface area contributed by atoms with Gasteiger partial charge >= 0.3 is 0 Å². The van der Waals surface area contributed by atoms with E-state index in [1.807, 2.05) is 19.3 Å². The quantitative estimate of drug-likeness (QED) is 0.816. The number of carbonyl (C=O) groups is 1. The summed E-state index contributed by atoms with van der Waals surface area (Å²) in [6.45, 7) is 6.73. The molecule has 1 saturated heterocycles. The maximum atomic E-state index is 12.1. The lowest BCUT2D eigenvalue weighted by Crippen LogP contribution is -2.40. The summed E-state index contributed by atoms with van der Waals surface area (Å²) in [4.78, 5) is 14.6. The summed E-state index contributed by atoms with van der Waals surface area (Å²) < 4.78 is 1.75. The van der Waals surface area contributed by atoms with E-state index in [2.05, 4.69) is 23.8 Å². The van der Waals surface area contributed by atoms with Gasteiger partial charge in [-0.2, -0.15) is 5.10 Å². The van der Waals surface area contributed by atoms with E-state index < -0.39 is 0 Å². The van der Waals surface area contributed by atoms with Gasteiger partial charge in [0.2, 0.25) is 0 Å². The minimum absolute atomic E-state index is 0.328. The van der Waals surface area contributed by atoms with Gasteiger partial charge in [-0.3, -0.25) is 9.48 Å². The van der Waals surface area contributed by atoms with Crippen molar-refractivity contribution in [3.63, 3.8) is 0 Å².